The second-order valence-corrected chi connectivity index (χ2v) is 4.57. The molecule has 3 heteroatoms. The third kappa shape index (κ3) is 2.52. The summed E-state index contributed by atoms with van der Waals surface area (Å²) in [6, 6.07) is 17.6. The largest absolute Gasteiger partial charge is 0.326 e. The zero-order valence-electron chi connectivity index (χ0n) is 10.9. The van der Waals surface area contributed by atoms with Gasteiger partial charge in [-0.1, -0.05) is 54.6 Å². The highest BCUT2D eigenvalue weighted by Crippen LogP contribution is 2.19. The Hall–Kier alpha value is -2.68. The Labute approximate surface area is 117 Å². The molecule has 1 heterocycles. The first-order valence-electron chi connectivity index (χ1n) is 6.39. The van der Waals surface area contributed by atoms with Gasteiger partial charge in [-0.15, -0.1) is 0 Å². The predicted molar refractivity (Wildman–Crippen MR) is 78.0 cm³/mol. The average molecular weight is 261 g/mol. The first-order chi connectivity index (χ1) is 9.86. The first-order valence-corrected chi connectivity index (χ1v) is 6.39. The molecule has 0 atom stereocenters. The van der Waals surface area contributed by atoms with Crippen LogP contribution in [0.5, 0.6) is 0 Å². The van der Waals surface area contributed by atoms with Crippen molar-refractivity contribution in [2.75, 3.05) is 0 Å². The van der Waals surface area contributed by atoms with Crippen LogP contribution in [0.4, 0.5) is 0 Å². The fourth-order valence-corrected chi connectivity index (χ4v) is 2.17. The van der Waals surface area contributed by atoms with E-state index >= 15 is 0 Å². The highest BCUT2D eigenvalue weighted by atomic mass is 16.1. The van der Waals surface area contributed by atoms with Crippen LogP contribution in [0.15, 0.2) is 67.1 Å². The predicted octanol–water partition coefficient (Wildman–Crippen LogP) is 3.06. The van der Waals surface area contributed by atoms with Gasteiger partial charge < -0.3 is 4.57 Å². The van der Waals surface area contributed by atoms with Crippen molar-refractivity contribution in [2.24, 2.45) is 0 Å². The molecule has 0 spiro atoms. The van der Waals surface area contributed by atoms with Gasteiger partial charge in [-0.2, -0.15) is 0 Å². The smallest absolute Gasteiger partial charge is 0.233 e. The van der Waals surface area contributed by atoms with E-state index in [1.54, 1.807) is 12.1 Å². The van der Waals surface area contributed by atoms with Gasteiger partial charge in [0.25, 0.3) is 0 Å². The molecule has 0 aliphatic carbocycles. The maximum absolute atomic E-state index is 10.5. The van der Waals surface area contributed by atoms with Gasteiger partial charge in [0.05, 0.1) is 18.2 Å². The van der Waals surface area contributed by atoms with E-state index in [2.05, 4.69) is 21.7 Å². The molecule has 0 fully saturated rings. The summed E-state index contributed by atoms with van der Waals surface area (Å²) in [7, 11) is 0. The number of hydrogen-bond acceptors (Lipinski definition) is 2. The van der Waals surface area contributed by atoms with Gasteiger partial charge in [0, 0.05) is 12.1 Å². The van der Waals surface area contributed by atoms with Crippen LogP contribution in [-0.2, 0) is 11.3 Å². The highest BCUT2D eigenvalue weighted by Gasteiger charge is 2.05. The third-order valence-corrected chi connectivity index (χ3v) is 3.21. The van der Waals surface area contributed by atoms with Crippen LogP contribution in [0.25, 0.3) is 11.3 Å². The molecule has 0 unspecified atom stereocenters. The summed E-state index contributed by atoms with van der Waals surface area (Å²) < 4.78 is 2.09. The fraction of sp³-hybridized carbons (Fsp3) is 0.0588. The number of imidazole rings is 1. The van der Waals surface area contributed by atoms with Crippen molar-refractivity contribution in [3.8, 4) is 11.3 Å². The molecule has 97 valence electrons. The summed E-state index contributed by atoms with van der Waals surface area (Å²) in [4.78, 5) is 14.8. The summed E-state index contributed by atoms with van der Waals surface area (Å²) >= 11 is 0. The van der Waals surface area contributed by atoms with Crippen molar-refractivity contribution < 1.29 is 4.79 Å². The molecule has 1 radical (unpaired) electrons. The van der Waals surface area contributed by atoms with E-state index in [1.165, 1.54) is 0 Å². The van der Waals surface area contributed by atoms with Gasteiger partial charge in [-0.25, -0.2) is 4.98 Å². The minimum atomic E-state index is 0.572. The van der Waals surface area contributed by atoms with Crippen molar-refractivity contribution in [3.63, 3.8) is 0 Å². The molecule has 2 aromatic carbocycles. The molecule has 0 N–H and O–H groups in total. The van der Waals surface area contributed by atoms with Gasteiger partial charge in [0.15, 0.2) is 0 Å². The minimum absolute atomic E-state index is 0.572. The molecule has 0 bridgehead atoms. The Morgan fingerprint density at radius 2 is 1.75 bits per heavy atom. The van der Waals surface area contributed by atoms with Gasteiger partial charge >= 0.3 is 0 Å². The lowest BCUT2D eigenvalue weighted by Crippen LogP contribution is -2.00. The molecule has 0 saturated carbocycles. The van der Waals surface area contributed by atoms with Crippen molar-refractivity contribution in [2.45, 2.75) is 6.54 Å². The summed E-state index contributed by atoms with van der Waals surface area (Å²) in [6.45, 7) is 0.726. The van der Waals surface area contributed by atoms with Gasteiger partial charge in [0.2, 0.25) is 6.29 Å². The first kappa shape index (κ1) is 12.4. The molecule has 20 heavy (non-hydrogen) atoms. The Bertz CT molecular complexity index is 699. The lowest BCUT2D eigenvalue weighted by atomic mass is 10.1. The van der Waals surface area contributed by atoms with E-state index in [0.29, 0.717) is 5.56 Å². The second-order valence-electron chi connectivity index (χ2n) is 4.57. The number of nitrogens with zero attached hydrogens (tertiary/aromatic N) is 2. The molecule has 0 saturated heterocycles. The van der Waals surface area contributed by atoms with Crippen molar-refractivity contribution in [1.82, 2.24) is 9.55 Å². The van der Waals surface area contributed by atoms with Crippen LogP contribution in [0, 0.1) is 0 Å². The summed E-state index contributed by atoms with van der Waals surface area (Å²) in [5.74, 6) is 0. The lowest BCUT2D eigenvalue weighted by Gasteiger charge is -2.08. The van der Waals surface area contributed by atoms with Crippen LogP contribution >= 0.6 is 0 Å². The number of hydrogen-bond donors (Lipinski definition) is 0. The third-order valence-electron chi connectivity index (χ3n) is 3.21. The van der Waals surface area contributed by atoms with Crippen LogP contribution in [0.1, 0.15) is 11.1 Å². The molecular weight excluding hydrogens is 248 g/mol. The number of aromatic nitrogens is 2. The SMILES string of the molecule is O=[C]c1ccc(Cn2cncc2-c2ccccc2)cc1. The maximum atomic E-state index is 10.5. The molecule has 0 aliphatic heterocycles. The van der Waals surface area contributed by atoms with Gasteiger partial charge in [-0.05, 0) is 11.1 Å². The standard InChI is InChI=1S/C17H13N2O/c20-12-15-8-6-14(7-9-15)11-19-13-18-10-17(19)16-4-2-1-3-5-16/h1-10,13H,11H2. The normalized spacial score (nSPS) is 10.4. The van der Waals surface area contributed by atoms with E-state index in [1.807, 2.05) is 49.1 Å². The van der Waals surface area contributed by atoms with Crippen LogP contribution in [0.2, 0.25) is 0 Å². The van der Waals surface area contributed by atoms with Crippen molar-refractivity contribution >= 4 is 6.29 Å². The average Bonchev–Trinajstić information content (AvgIpc) is 2.97. The maximum Gasteiger partial charge on any atom is 0.233 e. The molecule has 0 amide bonds. The summed E-state index contributed by atoms with van der Waals surface area (Å²) in [6.07, 6.45) is 5.57. The van der Waals surface area contributed by atoms with E-state index < -0.39 is 0 Å². The number of benzene rings is 2. The van der Waals surface area contributed by atoms with Crippen molar-refractivity contribution in [1.29, 1.82) is 0 Å². The molecule has 1 aromatic heterocycles. The zero-order valence-corrected chi connectivity index (χ0v) is 10.9. The molecular formula is C17H13N2O. The molecule has 3 rings (SSSR count). The Morgan fingerprint density at radius 1 is 1.00 bits per heavy atom. The Balaban J connectivity index is 1.88. The van der Waals surface area contributed by atoms with Crippen LogP contribution < -0.4 is 0 Å². The van der Waals surface area contributed by atoms with E-state index in [-0.39, 0.29) is 0 Å². The van der Waals surface area contributed by atoms with Crippen LogP contribution in [-0.4, -0.2) is 15.8 Å². The van der Waals surface area contributed by atoms with E-state index in [4.69, 9.17) is 0 Å². The summed E-state index contributed by atoms with van der Waals surface area (Å²) in [5, 5.41) is 0. The van der Waals surface area contributed by atoms with Crippen LogP contribution in [0.3, 0.4) is 0 Å². The number of rotatable bonds is 4. The van der Waals surface area contributed by atoms with E-state index in [9.17, 15) is 4.79 Å². The topological polar surface area (TPSA) is 34.9 Å². The fourth-order valence-electron chi connectivity index (χ4n) is 2.17. The number of carbonyl (C=O) groups excluding carboxylic acids is 1. The monoisotopic (exact) mass is 261 g/mol. The van der Waals surface area contributed by atoms with E-state index in [0.717, 1.165) is 23.4 Å². The Kier molecular flexibility index (Phi) is 3.42. The summed E-state index contributed by atoms with van der Waals surface area (Å²) in [5.41, 5.74) is 3.92. The van der Waals surface area contributed by atoms with Crippen molar-refractivity contribution in [3.05, 3.63) is 78.2 Å². The Morgan fingerprint density at radius 3 is 2.45 bits per heavy atom. The molecule has 3 aromatic rings. The van der Waals surface area contributed by atoms with Gasteiger partial charge in [-0.3, -0.25) is 4.79 Å². The minimum Gasteiger partial charge on any atom is -0.326 e. The molecule has 3 nitrogen and oxygen atoms in total. The highest BCUT2D eigenvalue weighted by molar-refractivity contribution is 5.75. The second kappa shape index (κ2) is 5.53. The zero-order chi connectivity index (χ0) is 13.8. The quantitative estimate of drug-likeness (QED) is 0.723. The van der Waals surface area contributed by atoms with Gasteiger partial charge in [0.1, 0.15) is 0 Å². The molecule has 0 aliphatic rings. The lowest BCUT2D eigenvalue weighted by molar-refractivity contribution is 0.562.